The summed E-state index contributed by atoms with van der Waals surface area (Å²) in [6, 6.07) is 3.69. The molecule has 0 radical (unpaired) electrons. The lowest BCUT2D eigenvalue weighted by Crippen LogP contribution is -2.22. The molecule has 0 spiro atoms. The molecule has 84 valence electrons. The second kappa shape index (κ2) is 5.63. The topological polar surface area (TPSA) is 55.5 Å². The first-order chi connectivity index (χ1) is 7.15. The first-order valence-electron chi connectivity index (χ1n) is 4.60. The molecule has 1 aromatic carbocycles. The molecule has 0 heterocycles. The van der Waals surface area contributed by atoms with Crippen LogP contribution in [0.1, 0.15) is 6.42 Å². The number of nitrogens with two attached hydrogens (primary N) is 1. The van der Waals surface area contributed by atoms with E-state index in [1.807, 2.05) is 0 Å². The van der Waals surface area contributed by atoms with Crippen LogP contribution in [-0.2, 0) is 0 Å². The van der Waals surface area contributed by atoms with Crippen molar-refractivity contribution in [2.75, 3.05) is 13.2 Å². The molecule has 0 saturated heterocycles. The minimum atomic E-state index is -1.01. The van der Waals surface area contributed by atoms with E-state index in [-0.39, 0.29) is 25.3 Å². The molecular weight excluding hydrogens is 204 g/mol. The van der Waals surface area contributed by atoms with Crippen molar-refractivity contribution in [2.45, 2.75) is 12.5 Å². The second-order valence-corrected chi connectivity index (χ2v) is 3.08. The third-order valence-corrected chi connectivity index (χ3v) is 1.90. The first kappa shape index (κ1) is 11.9. The van der Waals surface area contributed by atoms with E-state index >= 15 is 0 Å². The minimum absolute atomic E-state index is 0.0960. The number of benzene rings is 1. The predicted molar refractivity (Wildman–Crippen MR) is 51.5 cm³/mol. The molecule has 0 amide bonds. The molecule has 0 aromatic heterocycles. The normalized spacial score (nSPS) is 12.5. The van der Waals surface area contributed by atoms with Gasteiger partial charge in [0.2, 0.25) is 5.82 Å². The zero-order chi connectivity index (χ0) is 11.3. The van der Waals surface area contributed by atoms with E-state index < -0.39 is 17.7 Å². The lowest BCUT2D eigenvalue weighted by molar-refractivity contribution is 0.144. The van der Waals surface area contributed by atoms with Crippen LogP contribution in [0.2, 0.25) is 0 Å². The van der Waals surface area contributed by atoms with Gasteiger partial charge in [0.15, 0.2) is 11.6 Å². The van der Waals surface area contributed by atoms with Crippen molar-refractivity contribution in [1.29, 1.82) is 0 Å². The molecule has 0 aliphatic rings. The Hall–Kier alpha value is -1.20. The number of aliphatic hydroxyl groups excluding tert-OH is 1. The lowest BCUT2D eigenvalue weighted by atomic mass is 10.2. The highest BCUT2D eigenvalue weighted by Gasteiger charge is 2.09. The van der Waals surface area contributed by atoms with Crippen LogP contribution in [0.3, 0.4) is 0 Å². The van der Waals surface area contributed by atoms with E-state index in [9.17, 15) is 8.78 Å². The Morgan fingerprint density at radius 1 is 1.40 bits per heavy atom. The predicted octanol–water partition coefficient (Wildman–Crippen LogP) is 1.05. The molecule has 1 aromatic rings. The maximum atomic E-state index is 13.0. The highest BCUT2D eigenvalue weighted by atomic mass is 19.2. The summed E-state index contributed by atoms with van der Waals surface area (Å²) in [7, 11) is 0. The summed E-state index contributed by atoms with van der Waals surface area (Å²) >= 11 is 0. The fourth-order valence-electron chi connectivity index (χ4n) is 1.02. The number of hydrogen-bond donors (Lipinski definition) is 2. The summed E-state index contributed by atoms with van der Waals surface area (Å²) in [5.74, 6) is -2.12. The van der Waals surface area contributed by atoms with Crippen molar-refractivity contribution >= 4 is 0 Å². The number of hydrogen-bond acceptors (Lipinski definition) is 3. The molecule has 0 fully saturated rings. The zero-order valence-corrected chi connectivity index (χ0v) is 8.12. The van der Waals surface area contributed by atoms with Crippen LogP contribution in [-0.4, -0.2) is 24.4 Å². The molecule has 1 atom stereocenters. The summed E-state index contributed by atoms with van der Waals surface area (Å²) in [6.07, 6.45) is -0.395. The van der Waals surface area contributed by atoms with Crippen molar-refractivity contribution in [3.8, 4) is 5.75 Å². The Labute approximate surface area is 86.5 Å². The third kappa shape index (κ3) is 3.45. The maximum Gasteiger partial charge on any atom is 0.200 e. The molecular formula is C10H13F2NO2. The molecule has 0 aliphatic carbocycles. The van der Waals surface area contributed by atoms with E-state index in [2.05, 4.69) is 0 Å². The molecule has 3 nitrogen and oxygen atoms in total. The standard InChI is InChI=1S/C10H13F2NO2/c11-8-2-1-3-9(10(8)12)15-5-4-7(14)6-13/h1-3,7,14H,4-6,13H2. The Kier molecular flexibility index (Phi) is 4.45. The summed E-state index contributed by atoms with van der Waals surface area (Å²) in [5.41, 5.74) is 5.17. The molecule has 0 bridgehead atoms. The Morgan fingerprint density at radius 2 is 2.13 bits per heavy atom. The SMILES string of the molecule is NCC(O)CCOc1cccc(F)c1F. The van der Waals surface area contributed by atoms with E-state index in [4.69, 9.17) is 15.6 Å². The van der Waals surface area contributed by atoms with Crippen molar-refractivity contribution < 1.29 is 18.6 Å². The molecule has 0 saturated carbocycles. The monoisotopic (exact) mass is 217 g/mol. The van der Waals surface area contributed by atoms with Crippen LogP contribution in [0.15, 0.2) is 18.2 Å². The molecule has 3 N–H and O–H groups in total. The van der Waals surface area contributed by atoms with Gasteiger partial charge in [-0.15, -0.1) is 0 Å². The van der Waals surface area contributed by atoms with Gasteiger partial charge in [-0.05, 0) is 12.1 Å². The highest BCUT2D eigenvalue weighted by molar-refractivity contribution is 5.24. The largest absolute Gasteiger partial charge is 0.490 e. The van der Waals surface area contributed by atoms with Gasteiger partial charge >= 0.3 is 0 Å². The number of halogens is 2. The van der Waals surface area contributed by atoms with Crippen LogP contribution in [0, 0.1) is 11.6 Å². The number of ether oxygens (including phenoxy) is 1. The van der Waals surface area contributed by atoms with Crippen LogP contribution < -0.4 is 10.5 Å². The zero-order valence-electron chi connectivity index (χ0n) is 8.12. The van der Waals surface area contributed by atoms with Gasteiger partial charge in [-0.1, -0.05) is 6.07 Å². The Morgan fingerprint density at radius 3 is 2.80 bits per heavy atom. The van der Waals surface area contributed by atoms with Gasteiger partial charge in [0.1, 0.15) is 0 Å². The van der Waals surface area contributed by atoms with Gasteiger partial charge in [-0.3, -0.25) is 0 Å². The van der Waals surface area contributed by atoms with Crippen LogP contribution in [0.5, 0.6) is 5.75 Å². The van der Waals surface area contributed by atoms with E-state index in [1.165, 1.54) is 12.1 Å². The fraction of sp³-hybridized carbons (Fsp3) is 0.400. The quantitative estimate of drug-likeness (QED) is 0.775. The van der Waals surface area contributed by atoms with Crippen LogP contribution >= 0.6 is 0 Å². The lowest BCUT2D eigenvalue weighted by Gasteiger charge is -2.10. The molecule has 5 heteroatoms. The summed E-state index contributed by atoms with van der Waals surface area (Å²) in [5, 5.41) is 9.09. The maximum absolute atomic E-state index is 13.0. The minimum Gasteiger partial charge on any atom is -0.490 e. The summed E-state index contributed by atoms with van der Waals surface area (Å²) in [4.78, 5) is 0. The van der Waals surface area contributed by atoms with Gasteiger partial charge in [0, 0.05) is 13.0 Å². The number of rotatable bonds is 5. The summed E-state index contributed by atoms with van der Waals surface area (Å²) in [6.45, 7) is 0.216. The smallest absolute Gasteiger partial charge is 0.200 e. The molecule has 0 aliphatic heterocycles. The fourth-order valence-corrected chi connectivity index (χ4v) is 1.02. The van der Waals surface area contributed by atoms with Crippen molar-refractivity contribution in [1.82, 2.24) is 0 Å². The Bertz CT molecular complexity index is 320. The van der Waals surface area contributed by atoms with Gasteiger partial charge < -0.3 is 15.6 Å². The first-order valence-corrected chi connectivity index (χ1v) is 4.60. The average Bonchev–Trinajstić information content (AvgIpc) is 2.24. The van der Waals surface area contributed by atoms with Gasteiger partial charge in [-0.2, -0.15) is 4.39 Å². The summed E-state index contributed by atoms with van der Waals surface area (Å²) < 4.78 is 30.7. The van der Waals surface area contributed by atoms with Crippen molar-refractivity contribution in [3.05, 3.63) is 29.8 Å². The molecule has 15 heavy (non-hydrogen) atoms. The third-order valence-electron chi connectivity index (χ3n) is 1.90. The number of aliphatic hydroxyl groups is 1. The van der Waals surface area contributed by atoms with Gasteiger partial charge in [-0.25, -0.2) is 4.39 Å². The Balaban J connectivity index is 2.47. The van der Waals surface area contributed by atoms with E-state index in [1.54, 1.807) is 0 Å². The van der Waals surface area contributed by atoms with Gasteiger partial charge in [0.05, 0.1) is 12.7 Å². The van der Waals surface area contributed by atoms with Gasteiger partial charge in [0.25, 0.3) is 0 Å². The highest BCUT2D eigenvalue weighted by Crippen LogP contribution is 2.19. The van der Waals surface area contributed by atoms with Crippen LogP contribution in [0.4, 0.5) is 8.78 Å². The van der Waals surface area contributed by atoms with E-state index in [0.717, 1.165) is 6.07 Å². The van der Waals surface area contributed by atoms with Crippen LogP contribution in [0.25, 0.3) is 0 Å². The molecule has 1 rings (SSSR count). The van der Waals surface area contributed by atoms with E-state index in [0.29, 0.717) is 0 Å². The second-order valence-electron chi connectivity index (χ2n) is 3.08. The average molecular weight is 217 g/mol. The molecule has 1 unspecified atom stereocenters. The van der Waals surface area contributed by atoms with Crippen molar-refractivity contribution in [3.63, 3.8) is 0 Å². The van der Waals surface area contributed by atoms with Crippen molar-refractivity contribution in [2.24, 2.45) is 5.73 Å².